The van der Waals surface area contributed by atoms with Gasteiger partial charge in [0.05, 0.1) is 4.58 Å². The molecule has 1 aromatic carbocycles. The molecule has 126 valence electrons. The van der Waals surface area contributed by atoms with E-state index < -0.39 is 12.0 Å². The van der Waals surface area contributed by atoms with Crippen LogP contribution >= 0.6 is 23.5 Å². The van der Waals surface area contributed by atoms with Gasteiger partial charge in [0.25, 0.3) is 5.91 Å². The largest absolute Gasteiger partial charge is 0.480 e. The summed E-state index contributed by atoms with van der Waals surface area (Å²) in [4.78, 5) is 23.6. The molecule has 1 heterocycles. The first-order valence-electron chi connectivity index (χ1n) is 7.89. The van der Waals surface area contributed by atoms with Crippen LogP contribution < -0.4 is 5.32 Å². The minimum atomic E-state index is -0.987. The molecule has 0 bridgehead atoms. The summed E-state index contributed by atoms with van der Waals surface area (Å²) in [5.74, 6) is 0.933. The van der Waals surface area contributed by atoms with E-state index in [0.717, 1.165) is 0 Å². The standard InChI is InChI=1S/C17H23NO3S2/c1-3-11(2)14(16(20)21)18-15(19)12-5-7-13(8-6-12)17-22-9-4-10-23-17/h5-8,11,14,17H,3-4,9-10H2,1-2H3,(H,18,19)(H,20,21)/t11-,14-/m0/s1. The van der Waals surface area contributed by atoms with Crippen molar-refractivity contribution in [3.8, 4) is 0 Å². The van der Waals surface area contributed by atoms with Crippen molar-refractivity contribution in [2.45, 2.75) is 37.3 Å². The molecule has 23 heavy (non-hydrogen) atoms. The van der Waals surface area contributed by atoms with E-state index in [1.54, 1.807) is 12.1 Å². The predicted molar refractivity (Wildman–Crippen MR) is 97.1 cm³/mol. The first-order valence-corrected chi connectivity index (χ1v) is 9.99. The summed E-state index contributed by atoms with van der Waals surface area (Å²) >= 11 is 3.87. The first-order chi connectivity index (χ1) is 11.0. The average Bonchev–Trinajstić information content (AvgIpc) is 2.59. The van der Waals surface area contributed by atoms with Crippen LogP contribution in [0.25, 0.3) is 0 Å². The normalized spacial score (nSPS) is 18.2. The summed E-state index contributed by atoms with van der Waals surface area (Å²) in [6.45, 7) is 3.75. The maximum absolute atomic E-state index is 12.3. The van der Waals surface area contributed by atoms with Gasteiger partial charge in [0.1, 0.15) is 6.04 Å². The third kappa shape index (κ3) is 4.91. The van der Waals surface area contributed by atoms with Gasteiger partial charge in [-0.2, -0.15) is 0 Å². The zero-order valence-electron chi connectivity index (χ0n) is 13.5. The third-order valence-corrected chi connectivity index (χ3v) is 7.05. The molecule has 2 N–H and O–H groups in total. The Morgan fingerprint density at radius 1 is 1.26 bits per heavy atom. The van der Waals surface area contributed by atoms with Gasteiger partial charge < -0.3 is 10.4 Å². The summed E-state index contributed by atoms with van der Waals surface area (Å²) in [6, 6.07) is 6.68. The van der Waals surface area contributed by atoms with Crippen LogP contribution in [0, 0.1) is 5.92 Å². The van der Waals surface area contributed by atoms with Crippen LogP contribution in [-0.4, -0.2) is 34.5 Å². The molecule has 2 atom stereocenters. The van der Waals surface area contributed by atoms with E-state index in [1.165, 1.54) is 23.5 Å². The minimum absolute atomic E-state index is 0.106. The number of nitrogens with one attached hydrogen (secondary N) is 1. The lowest BCUT2D eigenvalue weighted by molar-refractivity contribution is -0.140. The van der Waals surface area contributed by atoms with Crippen LogP contribution in [0.15, 0.2) is 24.3 Å². The van der Waals surface area contributed by atoms with Crippen LogP contribution in [-0.2, 0) is 4.79 Å². The van der Waals surface area contributed by atoms with E-state index in [2.05, 4.69) is 5.32 Å². The van der Waals surface area contributed by atoms with Crippen molar-refractivity contribution in [3.05, 3.63) is 35.4 Å². The fourth-order valence-electron chi connectivity index (χ4n) is 2.38. The molecular weight excluding hydrogens is 330 g/mol. The van der Waals surface area contributed by atoms with Crippen LogP contribution in [0.1, 0.15) is 47.2 Å². The molecule has 1 fully saturated rings. The zero-order valence-corrected chi connectivity index (χ0v) is 15.1. The number of hydrogen-bond donors (Lipinski definition) is 2. The highest BCUT2D eigenvalue weighted by Gasteiger charge is 2.26. The van der Waals surface area contributed by atoms with Gasteiger partial charge in [0.15, 0.2) is 0 Å². The van der Waals surface area contributed by atoms with Crippen LogP contribution in [0.2, 0.25) is 0 Å². The lowest BCUT2D eigenvalue weighted by Crippen LogP contribution is -2.45. The second kappa shape index (κ2) is 8.64. The maximum Gasteiger partial charge on any atom is 0.326 e. The average molecular weight is 354 g/mol. The Kier molecular flexibility index (Phi) is 6.84. The predicted octanol–water partition coefficient (Wildman–Crippen LogP) is 3.78. The topological polar surface area (TPSA) is 66.4 Å². The van der Waals surface area contributed by atoms with E-state index in [9.17, 15) is 14.7 Å². The molecule has 1 aliphatic rings. The Hall–Kier alpha value is -1.14. The van der Waals surface area contributed by atoms with E-state index in [0.29, 0.717) is 16.6 Å². The first kappa shape index (κ1) is 18.2. The van der Waals surface area contributed by atoms with Gasteiger partial charge in [-0.25, -0.2) is 4.79 Å². The summed E-state index contributed by atoms with van der Waals surface area (Å²) in [7, 11) is 0. The van der Waals surface area contributed by atoms with Gasteiger partial charge in [-0.15, -0.1) is 23.5 Å². The lowest BCUT2D eigenvalue weighted by atomic mass is 9.99. The number of benzene rings is 1. The smallest absolute Gasteiger partial charge is 0.326 e. The van der Waals surface area contributed by atoms with Crippen molar-refractivity contribution in [2.75, 3.05) is 11.5 Å². The van der Waals surface area contributed by atoms with Crippen molar-refractivity contribution in [3.63, 3.8) is 0 Å². The molecule has 4 nitrogen and oxygen atoms in total. The number of aliphatic carboxylic acids is 1. The maximum atomic E-state index is 12.3. The molecule has 1 aromatic rings. The van der Waals surface area contributed by atoms with Crippen molar-refractivity contribution >= 4 is 35.4 Å². The Morgan fingerprint density at radius 3 is 2.39 bits per heavy atom. The molecule has 1 amide bonds. The molecule has 0 spiro atoms. The molecule has 0 aliphatic carbocycles. The number of carboxylic acid groups (broad SMARTS) is 1. The van der Waals surface area contributed by atoms with Gasteiger partial charge in [0.2, 0.25) is 0 Å². The highest BCUT2D eigenvalue weighted by Crippen LogP contribution is 2.43. The van der Waals surface area contributed by atoms with Crippen molar-refractivity contribution in [1.29, 1.82) is 0 Å². The molecule has 0 aromatic heterocycles. The van der Waals surface area contributed by atoms with Gasteiger partial charge in [-0.3, -0.25) is 4.79 Å². The molecule has 6 heteroatoms. The number of carboxylic acids is 1. The highest BCUT2D eigenvalue weighted by atomic mass is 32.2. The fraction of sp³-hybridized carbons (Fsp3) is 0.529. The second-order valence-corrected chi connectivity index (χ2v) is 8.45. The molecule has 0 radical (unpaired) electrons. The molecular formula is C17H23NO3S2. The summed E-state index contributed by atoms with van der Waals surface area (Å²) in [6.07, 6.45) is 1.95. The number of amides is 1. The van der Waals surface area contributed by atoms with Crippen molar-refractivity contribution in [1.82, 2.24) is 5.32 Å². The molecule has 2 rings (SSSR count). The highest BCUT2D eigenvalue weighted by molar-refractivity contribution is 8.16. The lowest BCUT2D eigenvalue weighted by Gasteiger charge is -2.22. The van der Waals surface area contributed by atoms with E-state index >= 15 is 0 Å². The quantitative estimate of drug-likeness (QED) is 0.814. The monoisotopic (exact) mass is 353 g/mol. The number of thioether (sulfide) groups is 2. The van der Waals surface area contributed by atoms with Crippen LogP contribution in [0.5, 0.6) is 0 Å². The van der Waals surface area contributed by atoms with E-state index in [-0.39, 0.29) is 11.8 Å². The SMILES string of the molecule is CC[C@H](C)[C@H](NC(=O)c1ccc(C2SCCCS2)cc1)C(=O)O. The number of carbonyl (C=O) groups is 2. The molecule has 1 saturated heterocycles. The summed E-state index contributed by atoms with van der Waals surface area (Å²) in [5.41, 5.74) is 1.72. The Bertz CT molecular complexity index is 541. The second-order valence-electron chi connectivity index (χ2n) is 5.72. The van der Waals surface area contributed by atoms with Gasteiger partial charge in [-0.05, 0) is 41.5 Å². The van der Waals surface area contributed by atoms with Crippen LogP contribution in [0.3, 0.4) is 0 Å². The Morgan fingerprint density at radius 2 is 1.87 bits per heavy atom. The molecule has 1 aliphatic heterocycles. The van der Waals surface area contributed by atoms with Gasteiger partial charge in [-0.1, -0.05) is 32.4 Å². The van der Waals surface area contributed by atoms with Crippen molar-refractivity contribution < 1.29 is 14.7 Å². The molecule has 0 saturated carbocycles. The minimum Gasteiger partial charge on any atom is -0.480 e. The summed E-state index contributed by atoms with van der Waals surface area (Å²) < 4.78 is 0.438. The zero-order chi connectivity index (χ0) is 16.8. The van der Waals surface area contributed by atoms with E-state index in [1.807, 2.05) is 49.5 Å². The van der Waals surface area contributed by atoms with Gasteiger partial charge >= 0.3 is 5.97 Å². The number of carbonyl (C=O) groups excluding carboxylic acids is 1. The number of rotatable bonds is 6. The number of hydrogen-bond acceptors (Lipinski definition) is 4. The summed E-state index contributed by atoms with van der Waals surface area (Å²) in [5, 5.41) is 11.9. The van der Waals surface area contributed by atoms with Crippen molar-refractivity contribution in [2.24, 2.45) is 5.92 Å². The third-order valence-electron chi connectivity index (χ3n) is 4.04. The van der Waals surface area contributed by atoms with Crippen LogP contribution in [0.4, 0.5) is 0 Å². The molecule has 0 unspecified atom stereocenters. The van der Waals surface area contributed by atoms with E-state index in [4.69, 9.17) is 0 Å². The Balaban J connectivity index is 2.03. The fourth-order valence-corrected chi connectivity index (χ4v) is 5.27. The Labute approximate surface area is 145 Å². The van der Waals surface area contributed by atoms with Gasteiger partial charge in [0, 0.05) is 5.56 Å².